The minimum Gasteiger partial charge on any atom is -0.299 e. The lowest BCUT2D eigenvalue weighted by molar-refractivity contribution is -0.104. The first-order valence-electron chi connectivity index (χ1n) is 8.97. The summed E-state index contributed by atoms with van der Waals surface area (Å²) in [5, 5.41) is 0. The van der Waals surface area contributed by atoms with Crippen LogP contribution < -0.4 is 0 Å². The van der Waals surface area contributed by atoms with Crippen molar-refractivity contribution in [2.45, 2.75) is 97.8 Å². The highest BCUT2D eigenvalue weighted by Gasteiger charge is 1.94. The second-order valence-corrected chi connectivity index (χ2v) is 6.32. The average Bonchev–Trinajstić information content (AvgIpc) is 2.46. The fourth-order valence-corrected chi connectivity index (χ4v) is 2.56. The predicted octanol–water partition coefficient (Wildman–Crippen LogP) is 6.78. The van der Waals surface area contributed by atoms with Crippen LogP contribution in [0.25, 0.3) is 0 Å². The van der Waals surface area contributed by atoms with Crippen molar-refractivity contribution in [2.75, 3.05) is 0 Å². The number of hydrogen-bond acceptors (Lipinski definition) is 1. The van der Waals surface area contributed by atoms with E-state index in [1.54, 1.807) is 6.08 Å². The van der Waals surface area contributed by atoms with E-state index in [1.807, 2.05) is 6.92 Å². The lowest BCUT2D eigenvalue weighted by Crippen LogP contribution is -1.84. The number of carbonyl (C=O) groups is 1. The summed E-state index contributed by atoms with van der Waals surface area (Å²) >= 11 is 0. The van der Waals surface area contributed by atoms with Crippen molar-refractivity contribution in [1.82, 2.24) is 0 Å². The molecule has 0 aliphatic heterocycles. The van der Waals surface area contributed by atoms with Crippen LogP contribution in [-0.4, -0.2) is 6.29 Å². The van der Waals surface area contributed by atoms with Crippen molar-refractivity contribution in [3.63, 3.8) is 0 Å². The number of rotatable bonds is 14. The van der Waals surface area contributed by atoms with E-state index in [2.05, 4.69) is 19.9 Å². The van der Waals surface area contributed by atoms with Gasteiger partial charge in [0.15, 0.2) is 0 Å². The lowest BCUT2D eigenvalue weighted by Gasteiger charge is -2.03. The van der Waals surface area contributed by atoms with E-state index in [-0.39, 0.29) is 0 Å². The molecule has 0 radical (unpaired) electrons. The molecule has 0 aromatic rings. The van der Waals surface area contributed by atoms with Crippen molar-refractivity contribution in [2.24, 2.45) is 0 Å². The summed E-state index contributed by atoms with van der Waals surface area (Å²) in [5.41, 5.74) is 2.69. The van der Waals surface area contributed by atoms with Crippen LogP contribution in [0.1, 0.15) is 97.8 Å². The number of hydrogen-bond donors (Lipinski definition) is 0. The zero-order valence-electron chi connectivity index (χ0n) is 14.6. The molecule has 0 rings (SSSR count). The maximum Gasteiger partial charge on any atom is 0.142 e. The minimum absolute atomic E-state index is 0.883. The third-order valence-corrected chi connectivity index (χ3v) is 4.06. The van der Waals surface area contributed by atoms with Gasteiger partial charge >= 0.3 is 0 Å². The summed E-state index contributed by atoms with van der Waals surface area (Å²) in [7, 11) is 0. The average molecular weight is 293 g/mol. The van der Waals surface area contributed by atoms with Crippen molar-refractivity contribution in [3.05, 3.63) is 23.3 Å². The Morgan fingerprint density at radius 3 is 1.90 bits per heavy atom. The van der Waals surface area contributed by atoms with Crippen LogP contribution in [0.3, 0.4) is 0 Å². The van der Waals surface area contributed by atoms with Gasteiger partial charge in [0, 0.05) is 0 Å². The molecule has 21 heavy (non-hydrogen) atoms. The molecule has 0 fully saturated rings. The van der Waals surface area contributed by atoms with Crippen LogP contribution in [-0.2, 0) is 4.79 Å². The highest BCUT2D eigenvalue weighted by molar-refractivity contribution is 5.65. The van der Waals surface area contributed by atoms with E-state index in [0.29, 0.717) is 0 Å². The quantitative estimate of drug-likeness (QED) is 0.149. The van der Waals surface area contributed by atoms with E-state index >= 15 is 0 Å². The Balaban J connectivity index is 3.42. The molecule has 0 amide bonds. The molecule has 0 saturated heterocycles. The topological polar surface area (TPSA) is 17.1 Å². The summed E-state index contributed by atoms with van der Waals surface area (Å²) in [6.07, 6.45) is 20.8. The van der Waals surface area contributed by atoms with E-state index in [4.69, 9.17) is 0 Å². The fourth-order valence-electron chi connectivity index (χ4n) is 2.56. The van der Waals surface area contributed by atoms with Crippen molar-refractivity contribution in [3.8, 4) is 0 Å². The number of unbranched alkanes of at least 4 members (excludes halogenated alkanes) is 8. The molecule has 0 aromatic carbocycles. The summed E-state index contributed by atoms with van der Waals surface area (Å²) in [6, 6.07) is 0. The second-order valence-electron chi connectivity index (χ2n) is 6.32. The largest absolute Gasteiger partial charge is 0.299 e. The van der Waals surface area contributed by atoms with Crippen molar-refractivity contribution < 1.29 is 4.79 Å². The van der Waals surface area contributed by atoms with Crippen LogP contribution in [0.4, 0.5) is 0 Å². The fraction of sp³-hybridized carbons (Fsp3) is 0.750. The van der Waals surface area contributed by atoms with Crippen LogP contribution in [0.2, 0.25) is 0 Å². The van der Waals surface area contributed by atoms with Crippen LogP contribution >= 0.6 is 0 Å². The van der Waals surface area contributed by atoms with Crippen LogP contribution in [0.15, 0.2) is 23.3 Å². The summed E-state index contributed by atoms with van der Waals surface area (Å²) in [5.74, 6) is 0. The van der Waals surface area contributed by atoms with Gasteiger partial charge in [0.1, 0.15) is 6.29 Å². The molecule has 0 heterocycles. The Kier molecular flexibility index (Phi) is 14.9. The monoisotopic (exact) mass is 292 g/mol. The molecular weight excluding hydrogens is 256 g/mol. The summed E-state index contributed by atoms with van der Waals surface area (Å²) in [4.78, 5) is 10.3. The molecule has 0 aromatic heterocycles. The minimum atomic E-state index is 0.883. The number of carbonyl (C=O) groups excluding carboxylic acids is 1. The molecule has 1 nitrogen and oxygen atoms in total. The standard InChI is InChI=1S/C20H36O/c1-4-5-6-7-8-9-10-11-12-14-19(2)15-13-16-20(3)17-18-21/h15,17-18H,4-14,16H2,1-3H3/b19-15+,20-17-. The van der Waals surface area contributed by atoms with Gasteiger partial charge in [-0.15, -0.1) is 0 Å². The van der Waals surface area contributed by atoms with Gasteiger partial charge < -0.3 is 0 Å². The first-order valence-corrected chi connectivity index (χ1v) is 8.97. The third kappa shape index (κ3) is 15.4. The van der Waals surface area contributed by atoms with Gasteiger partial charge in [0.2, 0.25) is 0 Å². The molecule has 0 N–H and O–H groups in total. The molecule has 0 bridgehead atoms. The summed E-state index contributed by atoms with van der Waals surface area (Å²) < 4.78 is 0. The number of allylic oxidation sites excluding steroid dienone is 4. The Labute approximate surface area is 132 Å². The van der Waals surface area contributed by atoms with Gasteiger partial charge in [0.05, 0.1) is 0 Å². The Hall–Kier alpha value is -0.850. The van der Waals surface area contributed by atoms with Crippen molar-refractivity contribution in [1.29, 1.82) is 0 Å². The normalized spacial score (nSPS) is 12.7. The van der Waals surface area contributed by atoms with Gasteiger partial charge in [-0.3, -0.25) is 4.79 Å². The first kappa shape index (κ1) is 20.1. The lowest BCUT2D eigenvalue weighted by atomic mass is 10.0. The van der Waals surface area contributed by atoms with Gasteiger partial charge in [-0.25, -0.2) is 0 Å². The van der Waals surface area contributed by atoms with E-state index in [9.17, 15) is 4.79 Å². The highest BCUT2D eigenvalue weighted by Crippen LogP contribution is 2.14. The van der Waals surface area contributed by atoms with Crippen molar-refractivity contribution >= 4 is 6.29 Å². The summed E-state index contributed by atoms with van der Waals surface area (Å²) in [6.45, 7) is 6.54. The molecule has 122 valence electrons. The smallest absolute Gasteiger partial charge is 0.142 e. The highest BCUT2D eigenvalue weighted by atomic mass is 16.1. The van der Waals surface area contributed by atoms with Gasteiger partial charge in [0.25, 0.3) is 0 Å². The maximum atomic E-state index is 10.3. The van der Waals surface area contributed by atoms with Crippen LogP contribution in [0.5, 0.6) is 0 Å². The molecule has 0 atom stereocenters. The Bertz CT molecular complexity index is 299. The van der Waals surface area contributed by atoms with Gasteiger partial charge in [-0.2, -0.15) is 0 Å². The Morgan fingerprint density at radius 2 is 1.33 bits per heavy atom. The molecule has 0 unspecified atom stereocenters. The van der Waals surface area contributed by atoms with E-state index in [0.717, 1.165) is 19.1 Å². The number of aldehydes is 1. The third-order valence-electron chi connectivity index (χ3n) is 4.06. The SMILES string of the molecule is CCCCCCCCCCC/C(C)=C/CC/C(C)=C\C=O. The predicted molar refractivity (Wildman–Crippen MR) is 94.7 cm³/mol. The Morgan fingerprint density at radius 1 is 0.762 bits per heavy atom. The van der Waals surface area contributed by atoms with Crippen LogP contribution in [0, 0.1) is 0 Å². The molecule has 0 spiro atoms. The molecule has 0 aliphatic rings. The molecule has 1 heteroatoms. The first-order chi connectivity index (χ1) is 10.2. The second kappa shape index (κ2) is 15.5. The maximum absolute atomic E-state index is 10.3. The molecule has 0 saturated carbocycles. The zero-order chi connectivity index (χ0) is 15.8. The molecular formula is C20H36O. The zero-order valence-corrected chi connectivity index (χ0v) is 14.6. The molecule has 0 aliphatic carbocycles. The van der Waals surface area contributed by atoms with E-state index in [1.165, 1.54) is 75.4 Å². The van der Waals surface area contributed by atoms with Gasteiger partial charge in [-0.1, -0.05) is 75.5 Å². The van der Waals surface area contributed by atoms with E-state index < -0.39 is 0 Å². The van der Waals surface area contributed by atoms with Gasteiger partial charge in [-0.05, 0) is 45.6 Å².